The molecule has 1 N–H and O–H groups in total. The third-order valence-corrected chi connectivity index (χ3v) is 6.07. The van der Waals surface area contributed by atoms with E-state index in [0.717, 1.165) is 19.5 Å². The molecule has 0 bridgehead atoms. The third kappa shape index (κ3) is 4.28. The summed E-state index contributed by atoms with van der Waals surface area (Å²) < 4.78 is 46.0. The van der Waals surface area contributed by atoms with Gasteiger partial charge in [-0.2, -0.15) is 18.2 Å². The molecule has 0 aromatic carbocycles. The van der Waals surface area contributed by atoms with Crippen molar-refractivity contribution in [3.8, 4) is 0 Å². The number of alkyl halides is 3. The second-order valence-electron chi connectivity index (χ2n) is 7.81. The van der Waals surface area contributed by atoms with E-state index < -0.39 is 16.9 Å². The molecule has 4 heterocycles. The summed E-state index contributed by atoms with van der Waals surface area (Å²) in [6.07, 6.45) is -4.05. The molecule has 1 aromatic heterocycles. The molecule has 3 fully saturated rings. The Morgan fingerprint density at radius 3 is 2.50 bits per heavy atom. The Balaban J connectivity index is 1.40. The standard InChI is InChI=1S/C18H24ClF3N6O2/c1-11-2-5-28(11)17-24-15(18(20,21)22)14(19)16(25-17)27-8-12(9-27)30-10-13(29)26-6-3-23-4-7-26/h11-12,23H,2-10H2,1H3/t11-/m0/s1. The molecule has 0 saturated carbocycles. The van der Waals surface area contributed by atoms with Crippen molar-refractivity contribution in [1.29, 1.82) is 0 Å². The minimum atomic E-state index is -4.67. The second kappa shape index (κ2) is 8.35. The van der Waals surface area contributed by atoms with Crippen molar-refractivity contribution in [2.24, 2.45) is 0 Å². The van der Waals surface area contributed by atoms with Crippen LogP contribution in [0.2, 0.25) is 5.02 Å². The molecule has 166 valence electrons. The Kier molecular flexibility index (Phi) is 5.95. The highest BCUT2D eigenvalue weighted by Crippen LogP contribution is 2.40. The topological polar surface area (TPSA) is 73.8 Å². The minimum absolute atomic E-state index is 0.0405. The maximum Gasteiger partial charge on any atom is 0.435 e. The zero-order chi connectivity index (χ0) is 21.5. The predicted octanol–water partition coefficient (Wildman–Crippen LogP) is 1.38. The zero-order valence-corrected chi connectivity index (χ0v) is 17.3. The Hall–Kier alpha value is -1.85. The first-order chi connectivity index (χ1) is 14.2. The van der Waals surface area contributed by atoms with Gasteiger partial charge < -0.3 is 24.8 Å². The molecule has 0 spiro atoms. The summed E-state index contributed by atoms with van der Waals surface area (Å²) in [4.78, 5) is 25.3. The van der Waals surface area contributed by atoms with Gasteiger partial charge in [0.1, 0.15) is 11.6 Å². The number of nitrogens with zero attached hydrogens (tertiary/aromatic N) is 5. The molecule has 3 aliphatic rings. The van der Waals surface area contributed by atoms with Gasteiger partial charge in [0.05, 0.1) is 6.10 Å². The molecule has 1 atom stereocenters. The van der Waals surface area contributed by atoms with Crippen LogP contribution < -0.4 is 15.1 Å². The van der Waals surface area contributed by atoms with E-state index in [2.05, 4.69) is 15.3 Å². The lowest BCUT2D eigenvalue weighted by atomic mass is 10.1. The van der Waals surface area contributed by atoms with Crippen molar-refractivity contribution in [2.75, 3.05) is 62.2 Å². The van der Waals surface area contributed by atoms with E-state index in [1.165, 1.54) is 0 Å². The molecule has 3 saturated heterocycles. The van der Waals surface area contributed by atoms with E-state index in [9.17, 15) is 18.0 Å². The highest BCUT2D eigenvalue weighted by Gasteiger charge is 2.41. The molecule has 3 aliphatic heterocycles. The van der Waals surface area contributed by atoms with Crippen LogP contribution in [0, 0.1) is 0 Å². The fourth-order valence-corrected chi connectivity index (χ4v) is 3.99. The number of hydrogen-bond donors (Lipinski definition) is 1. The number of carbonyl (C=O) groups is 1. The summed E-state index contributed by atoms with van der Waals surface area (Å²) in [5, 5.41) is 2.67. The molecule has 1 aromatic rings. The number of halogens is 4. The number of ether oxygens (including phenoxy) is 1. The van der Waals surface area contributed by atoms with E-state index in [-0.39, 0.29) is 36.4 Å². The van der Waals surface area contributed by atoms with E-state index in [0.29, 0.717) is 32.7 Å². The van der Waals surface area contributed by atoms with E-state index in [1.54, 1.807) is 14.7 Å². The van der Waals surface area contributed by atoms with Gasteiger partial charge in [-0.1, -0.05) is 11.6 Å². The lowest BCUT2D eigenvalue weighted by Crippen LogP contribution is -2.55. The molecule has 12 heteroatoms. The average Bonchev–Trinajstić information content (AvgIpc) is 2.67. The van der Waals surface area contributed by atoms with Gasteiger partial charge in [0.15, 0.2) is 11.5 Å². The van der Waals surface area contributed by atoms with Crippen molar-refractivity contribution in [2.45, 2.75) is 31.7 Å². The summed E-state index contributed by atoms with van der Waals surface area (Å²) in [7, 11) is 0. The van der Waals surface area contributed by atoms with Crippen LogP contribution in [0.5, 0.6) is 0 Å². The number of anilines is 2. The summed E-state index contributed by atoms with van der Waals surface area (Å²) in [5.74, 6) is 0.0172. The molecule has 1 amide bonds. The van der Waals surface area contributed by atoms with E-state index >= 15 is 0 Å². The fraction of sp³-hybridized carbons (Fsp3) is 0.722. The minimum Gasteiger partial charge on any atom is -0.365 e. The van der Waals surface area contributed by atoms with Gasteiger partial charge in [-0.25, -0.2) is 4.98 Å². The number of aromatic nitrogens is 2. The van der Waals surface area contributed by atoms with Crippen LogP contribution in [0.15, 0.2) is 0 Å². The SMILES string of the molecule is C[C@H]1CCN1c1nc(N2CC(OCC(=O)N3CCNCC3)C2)c(Cl)c(C(F)(F)F)n1. The van der Waals surface area contributed by atoms with Crippen LogP contribution in [0.25, 0.3) is 0 Å². The van der Waals surface area contributed by atoms with Crippen molar-refractivity contribution < 1.29 is 22.7 Å². The summed E-state index contributed by atoms with van der Waals surface area (Å²) in [6, 6.07) is 0.0866. The molecular formula is C18H24ClF3N6O2. The number of carbonyl (C=O) groups excluding carboxylic acids is 1. The van der Waals surface area contributed by atoms with E-state index in [4.69, 9.17) is 16.3 Å². The average molecular weight is 449 g/mol. The second-order valence-corrected chi connectivity index (χ2v) is 8.19. The molecular weight excluding hydrogens is 425 g/mol. The number of rotatable bonds is 5. The monoisotopic (exact) mass is 448 g/mol. The highest BCUT2D eigenvalue weighted by atomic mass is 35.5. The predicted molar refractivity (Wildman–Crippen MR) is 105 cm³/mol. The van der Waals surface area contributed by atoms with Gasteiger partial charge >= 0.3 is 6.18 Å². The van der Waals surface area contributed by atoms with Crippen molar-refractivity contribution >= 4 is 29.3 Å². The molecule has 0 radical (unpaired) electrons. The molecule has 4 rings (SSSR count). The van der Waals surface area contributed by atoms with Gasteiger partial charge in [-0.05, 0) is 13.3 Å². The Morgan fingerprint density at radius 2 is 1.93 bits per heavy atom. The van der Waals surface area contributed by atoms with Gasteiger partial charge in [-0.3, -0.25) is 4.79 Å². The van der Waals surface area contributed by atoms with Crippen LogP contribution in [-0.4, -0.2) is 85.3 Å². The number of nitrogens with one attached hydrogen (secondary N) is 1. The third-order valence-electron chi connectivity index (χ3n) is 5.73. The largest absolute Gasteiger partial charge is 0.435 e. The first-order valence-corrected chi connectivity index (χ1v) is 10.4. The first kappa shape index (κ1) is 21.4. The lowest BCUT2D eigenvalue weighted by Gasteiger charge is -2.42. The smallest absolute Gasteiger partial charge is 0.365 e. The van der Waals surface area contributed by atoms with Gasteiger partial charge in [-0.15, -0.1) is 0 Å². The summed E-state index contributed by atoms with van der Waals surface area (Å²) in [5.41, 5.74) is -1.12. The van der Waals surface area contributed by atoms with E-state index in [1.807, 2.05) is 6.92 Å². The quantitative estimate of drug-likeness (QED) is 0.729. The lowest BCUT2D eigenvalue weighted by molar-refractivity contribution is -0.141. The highest BCUT2D eigenvalue weighted by molar-refractivity contribution is 6.33. The van der Waals surface area contributed by atoms with Crippen molar-refractivity contribution in [1.82, 2.24) is 20.2 Å². The number of piperazine rings is 1. The van der Waals surface area contributed by atoms with Crippen molar-refractivity contribution in [3.05, 3.63) is 10.7 Å². The molecule has 8 nitrogen and oxygen atoms in total. The molecule has 0 unspecified atom stereocenters. The van der Waals surface area contributed by atoms with Crippen LogP contribution >= 0.6 is 11.6 Å². The Bertz CT molecular complexity index is 799. The van der Waals surface area contributed by atoms with Gasteiger partial charge in [0.25, 0.3) is 0 Å². The first-order valence-electron chi connectivity index (χ1n) is 10.0. The van der Waals surface area contributed by atoms with Crippen molar-refractivity contribution in [3.63, 3.8) is 0 Å². The Labute approximate surface area is 177 Å². The molecule has 30 heavy (non-hydrogen) atoms. The normalized spacial score (nSPS) is 22.7. The maximum atomic E-state index is 13.5. The van der Waals surface area contributed by atoms with Crippen LogP contribution in [0.1, 0.15) is 19.0 Å². The van der Waals surface area contributed by atoms with Crippen LogP contribution in [0.3, 0.4) is 0 Å². The van der Waals surface area contributed by atoms with Crippen LogP contribution in [-0.2, 0) is 15.7 Å². The fourth-order valence-electron chi connectivity index (χ4n) is 3.67. The van der Waals surface area contributed by atoms with Crippen LogP contribution in [0.4, 0.5) is 24.9 Å². The van der Waals surface area contributed by atoms with Gasteiger partial charge in [0, 0.05) is 51.9 Å². The number of hydrogen-bond acceptors (Lipinski definition) is 7. The zero-order valence-electron chi connectivity index (χ0n) is 16.6. The molecule has 0 aliphatic carbocycles. The number of amides is 1. The summed E-state index contributed by atoms with van der Waals surface area (Å²) in [6.45, 7) is 5.93. The Morgan fingerprint density at radius 1 is 1.23 bits per heavy atom. The summed E-state index contributed by atoms with van der Waals surface area (Å²) >= 11 is 6.04. The van der Waals surface area contributed by atoms with Gasteiger partial charge in [0.2, 0.25) is 11.9 Å². The maximum absolute atomic E-state index is 13.5.